The van der Waals surface area contributed by atoms with Gasteiger partial charge in [-0.3, -0.25) is 0 Å². The maximum Gasteiger partial charge on any atom is 0.214 e. The standard InChI is InChI=1S/C11H24N2O2S/c1-5-12-8-6-7-9-16(14,15)13(4)10-11(2)3/h12H,2,5-10H2,1,3-4H3. The van der Waals surface area contributed by atoms with Gasteiger partial charge in [-0.05, 0) is 32.9 Å². The zero-order chi connectivity index (χ0) is 12.6. The van der Waals surface area contributed by atoms with Gasteiger partial charge in [-0.15, -0.1) is 0 Å². The van der Waals surface area contributed by atoms with Crippen LogP contribution in [0.5, 0.6) is 0 Å². The molecule has 0 unspecified atom stereocenters. The summed E-state index contributed by atoms with van der Waals surface area (Å²) in [5.74, 6) is 0.224. The lowest BCUT2D eigenvalue weighted by atomic mass is 10.3. The van der Waals surface area contributed by atoms with E-state index in [1.54, 1.807) is 7.05 Å². The first-order valence-electron chi connectivity index (χ1n) is 5.69. The van der Waals surface area contributed by atoms with Crippen LogP contribution in [0.3, 0.4) is 0 Å². The third-order valence-electron chi connectivity index (χ3n) is 2.22. The number of hydrogen-bond acceptors (Lipinski definition) is 3. The Balaban J connectivity index is 3.91. The van der Waals surface area contributed by atoms with Gasteiger partial charge in [-0.2, -0.15) is 0 Å². The Morgan fingerprint density at radius 1 is 1.38 bits per heavy atom. The van der Waals surface area contributed by atoms with Crippen LogP contribution in [0, 0.1) is 0 Å². The van der Waals surface area contributed by atoms with E-state index in [2.05, 4.69) is 11.9 Å². The molecule has 96 valence electrons. The predicted molar refractivity (Wildman–Crippen MR) is 69.0 cm³/mol. The van der Waals surface area contributed by atoms with Gasteiger partial charge in [0.25, 0.3) is 0 Å². The second-order valence-electron chi connectivity index (χ2n) is 4.09. The van der Waals surface area contributed by atoms with Crippen molar-refractivity contribution in [2.45, 2.75) is 26.7 Å². The van der Waals surface area contributed by atoms with Crippen LogP contribution in [0.4, 0.5) is 0 Å². The minimum Gasteiger partial charge on any atom is -0.317 e. The molecular weight excluding hydrogens is 224 g/mol. The van der Waals surface area contributed by atoms with Crippen molar-refractivity contribution in [3.8, 4) is 0 Å². The maximum atomic E-state index is 11.8. The van der Waals surface area contributed by atoms with E-state index in [1.807, 2.05) is 13.8 Å². The molecule has 0 aromatic carbocycles. The third-order valence-corrected chi connectivity index (χ3v) is 4.11. The quantitative estimate of drug-likeness (QED) is 0.493. The van der Waals surface area contributed by atoms with E-state index in [1.165, 1.54) is 4.31 Å². The fourth-order valence-electron chi connectivity index (χ4n) is 1.35. The number of unbranched alkanes of at least 4 members (excludes halogenated alkanes) is 1. The van der Waals surface area contributed by atoms with Crippen molar-refractivity contribution in [3.05, 3.63) is 12.2 Å². The van der Waals surface area contributed by atoms with E-state index in [0.717, 1.165) is 25.1 Å². The number of hydrogen-bond donors (Lipinski definition) is 1. The van der Waals surface area contributed by atoms with E-state index in [-0.39, 0.29) is 5.75 Å². The molecule has 0 spiro atoms. The highest BCUT2D eigenvalue weighted by molar-refractivity contribution is 7.89. The predicted octanol–water partition coefficient (Wildman–Crippen LogP) is 1.21. The first-order valence-corrected chi connectivity index (χ1v) is 7.30. The number of sulfonamides is 1. The normalized spacial score (nSPS) is 12.0. The molecule has 0 rings (SSSR count). The summed E-state index contributed by atoms with van der Waals surface area (Å²) in [6.07, 6.45) is 1.60. The summed E-state index contributed by atoms with van der Waals surface area (Å²) in [6.45, 7) is 9.81. The zero-order valence-corrected chi connectivity index (χ0v) is 11.4. The Kier molecular flexibility index (Phi) is 7.62. The number of nitrogens with one attached hydrogen (secondary N) is 1. The van der Waals surface area contributed by atoms with Crippen LogP contribution in [-0.2, 0) is 10.0 Å². The van der Waals surface area contributed by atoms with Crippen LogP contribution in [0.2, 0.25) is 0 Å². The molecule has 4 nitrogen and oxygen atoms in total. The van der Waals surface area contributed by atoms with Gasteiger partial charge >= 0.3 is 0 Å². The van der Waals surface area contributed by atoms with Gasteiger partial charge in [-0.1, -0.05) is 19.1 Å². The lowest BCUT2D eigenvalue weighted by Crippen LogP contribution is -2.30. The Labute approximate surface area is 99.8 Å². The SMILES string of the molecule is C=C(C)CN(C)S(=O)(=O)CCCCNCC. The van der Waals surface area contributed by atoms with Gasteiger partial charge in [0.1, 0.15) is 0 Å². The molecule has 0 heterocycles. The van der Waals surface area contributed by atoms with Crippen LogP contribution in [0.25, 0.3) is 0 Å². The summed E-state index contributed by atoms with van der Waals surface area (Å²) in [7, 11) is -1.49. The van der Waals surface area contributed by atoms with E-state index in [9.17, 15) is 8.42 Å². The molecule has 0 aliphatic heterocycles. The van der Waals surface area contributed by atoms with Crippen LogP contribution < -0.4 is 5.32 Å². The summed E-state index contributed by atoms with van der Waals surface area (Å²) in [5.41, 5.74) is 0.860. The molecule has 5 heteroatoms. The molecule has 0 aliphatic carbocycles. The highest BCUT2D eigenvalue weighted by atomic mass is 32.2. The Bertz CT molecular complexity index is 299. The minimum atomic E-state index is -3.10. The van der Waals surface area contributed by atoms with Crippen molar-refractivity contribution < 1.29 is 8.42 Å². The van der Waals surface area contributed by atoms with Gasteiger partial charge in [0, 0.05) is 13.6 Å². The molecule has 0 fully saturated rings. The fraction of sp³-hybridized carbons (Fsp3) is 0.818. The van der Waals surface area contributed by atoms with Crippen LogP contribution in [0.1, 0.15) is 26.7 Å². The molecule has 0 aromatic heterocycles. The number of rotatable bonds is 9. The summed E-state index contributed by atoms with van der Waals surface area (Å²) in [4.78, 5) is 0. The largest absolute Gasteiger partial charge is 0.317 e. The Morgan fingerprint density at radius 3 is 2.50 bits per heavy atom. The molecule has 0 saturated heterocycles. The highest BCUT2D eigenvalue weighted by Gasteiger charge is 2.16. The van der Waals surface area contributed by atoms with Crippen LogP contribution >= 0.6 is 0 Å². The molecule has 0 aromatic rings. The third kappa shape index (κ3) is 6.98. The second-order valence-corrected chi connectivity index (χ2v) is 6.29. The summed E-state index contributed by atoms with van der Waals surface area (Å²) in [6, 6.07) is 0. The van der Waals surface area contributed by atoms with Crippen molar-refractivity contribution in [3.63, 3.8) is 0 Å². The lowest BCUT2D eigenvalue weighted by molar-refractivity contribution is 0.489. The van der Waals surface area contributed by atoms with Gasteiger partial charge < -0.3 is 5.32 Å². The molecule has 16 heavy (non-hydrogen) atoms. The van der Waals surface area contributed by atoms with Crippen molar-refractivity contribution in [2.75, 3.05) is 32.4 Å². The molecule has 0 radical (unpaired) electrons. The average molecular weight is 248 g/mol. The van der Waals surface area contributed by atoms with Gasteiger partial charge in [0.2, 0.25) is 10.0 Å². The van der Waals surface area contributed by atoms with E-state index in [4.69, 9.17) is 0 Å². The molecule has 0 saturated carbocycles. The van der Waals surface area contributed by atoms with E-state index >= 15 is 0 Å². The first kappa shape index (κ1) is 15.6. The van der Waals surface area contributed by atoms with Crippen LogP contribution in [0.15, 0.2) is 12.2 Å². The van der Waals surface area contributed by atoms with E-state index in [0.29, 0.717) is 13.0 Å². The van der Waals surface area contributed by atoms with Gasteiger partial charge in [0.05, 0.1) is 5.75 Å². The second kappa shape index (κ2) is 7.81. The van der Waals surface area contributed by atoms with E-state index < -0.39 is 10.0 Å². The Hall–Kier alpha value is -0.390. The molecular formula is C11H24N2O2S. The monoisotopic (exact) mass is 248 g/mol. The average Bonchev–Trinajstić information content (AvgIpc) is 2.16. The molecule has 0 bridgehead atoms. The summed E-state index contributed by atoms with van der Waals surface area (Å²) >= 11 is 0. The summed E-state index contributed by atoms with van der Waals surface area (Å²) < 4.78 is 24.9. The molecule has 1 N–H and O–H groups in total. The van der Waals surface area contributed by atoms with Gasteiger partial charge in [0.15, 0.2) is 0 Å². The topological polar surface area (TPSA) is 49.4 Å². The summed E-state index contributed by atoms with van der Waals surface area (Å²) in [5, 5.41) is 3.17. The molecule has 0 atom stereocenters. The van der Waals surface area contributed by atoms with Crippen molar-refractivity contribution in [1.29, 1.82) is 0 Å². The maximum absolute atomic E-state index is 11.8. The minimum absolute atomic E-state index is 0.224. The molecule has 0 aliphatic rings. The van der Waals surface area contributed by atoms with Crippen molar-refractivity contribution in [2.24, 2.45) is 0 Å². The number of nitrogens with zero attached hydrogens (tertiary/aromatic N) is 1. The lowest BCUT2D eigenvalue weighted by Gasteiger charge is -2.16. The van der Waals surface area contributed by atoms with Crippen LogP contribution in [-0.4, -0.2) is 45.2 Å². The molecule has 0 amide bonds. The Morgan fingerprint density at radius 2 is 2.00 bits per heavy atom. The van der Waals surface area contributed by atoms with Crippen molar-refractivity contribution >= 4 is 10.0 Å². The van der Waals surface area contributed by atoms with Gasteiger partial charge in [-0.25, -0.2) is 12.7 Å². The van der Waals surface area contributed by atoms with Crippen molar-refractivity contribution in [1.82, 2.24) is 9.62 Å². The number of likely N-dealkylation sites (N-methyl/N-ethyl adjacent to an activating group) is 1. The first-order chi connectivity index (χ1) is 7.40. The smallest absolute Gasteiger partial charge is 0.214 e. The highest BCUT2D eigenvalue weighted by Crippen LogP contribution is 2.04. The zero-order valence-electron chi connectivity index (χ0n) is 10.6. The fourth-order valence-corrected chi connectivity index (χ4v) is 2.64.